The van der Waals surface area contributed by atoms with Gasteiger partial charge in [0.25, 0.3) is 0 Å². The van der Waals surface area contributed by atoms with Gasteiger partial charge in [-0.3, -0.25) is 0 Å². The SMILES string of the molecule is CCOCCCNC(N)=NCc1ccc(Cl)cc1OCC.I. The Bertz CT molecular complexity index is 458. The van der Waals surface area contributed by atoms with E-state index in [9.17, 15) is 0 Å². The minimum Gasteiger partial charge on any atom is -0.493 e. The number of aliphatic imine (C=N–C) groups is 1. The van der Waals surface area contributed by atoms with E-state index in [4.69, 9.17) is 26.8 Å². The van der Waals surface area contributed by atoms with Gasteiger partial charge in [-0.05, 0) is 32.4 Å². The highest BCUT2D eigenvalue weighted by atomic mass is 127. The molecule has 1 aromatic rings. The lowest BCUT2D eigenvalue weighted by Gasteiger charge is -2.10. The lowest BCUT2D eigenvalue weighted by atomic mass is 10.2. The molecular formula is C15H25ClIN3O2. The molecule has 0 heterocycles. The highest BCUT2D eigenvalue weighted by molar-refractivity contribution is 14.0. The number of nitrogens with zero attached hydrogens (tertiary/aromatic N) is 1. The van der Waals surface area contributed by atoms with Gasteiger partial charge in [-0.25, -0.2) is 4.99 Å². The van der Waals surface area contributed by atoms with Crippen LogP contribution in [-0.4, -0.2) is 32.3 Å². The third-order valence-electron chi connectivity index (χ3n) is 2.72. The fourth-order valence-corrected chi connectivity index (χ4v) is 1.87. The fourth-order valence-electron chi connectivity index (χ4n) is 1.71. The van der Waals surface area contributed by atoms with Crippen LogP contribution >= 0.6 is 35.6 Å². The van der Waals surface area contributed by atoms with Crippen molar-refractivity contribution in [1.82, 2.24) is 5.32 Å². The molecular weight excluding hydrogens is 417 g/mol. The van der Waals surface area contributed by atoms with E-state index in [0.717, 1.165) is 37.5 Å². The van der Waals surface area contributed by atoms with Crippen LogP contribution in [0.4, 0.5) is 0 Å². The second-order valence-electron chi connectivity index (χ2n) is 4.36. The van der Waals surface area contributed by atoms with Crippen LogP contribution in [0.3, 0.4) is 0 Å². The summed E-state index contributed by atoms with van der Waals surface area (Å²) in [5.74, 6) is 1.17. The maximum absolute atomic E-state index is 5.96. The van der Waals surface area contributed by atoms with Crippen molar-refractivity contribution in [3.05, 3.63) is 28.8 Å². The molecule has 0 spiro atoms. The van der Waals surface area contributed by atoms with Crippen molar-refractivity contribution in [2.75, 3.05) is 26.4 Å². The van der Waals surface area contributed by atoms with Gasteiger partial charge in [0, 0.05) is 30.3 Å². The second-order valence-corrected chi connectivity index (χ2v) is 4.80. The first-order valence-corrected chi connectivity index (χ1v) is 7.57. The van der Waals surface area contributed by atoms with Gasteiger partial charge in [0.05, 0.1) is 13.2 Å². The zero-order chi connectivity index (χ0) is 15.5. The third kappa shape index (κ3) is 8.65. The summed E-state index contributed by atoms with van der Waals surface area (Å²) in [6, 6.07) is 5.52. The smallest absolute Gasteiger partial charge is 0.188 e. The molecule has 0 amide bonds. The highest BCUT2D eigenvalue weighted by Crippen LogP contribution is 2.24. The zero-order valence-electron chi connectivity index (χ0n) is 13.1. The molecule has 0 saturated heterocycles. The normalized spacial score (nSPS) is 11.0. The molecule has 0 unspecified atom stereocenters. The Morgan fingerprint density at radius 1 is 1.32 bits per heavy atom. The number of ether oxygens (including phenoxy) is 2. The molecule has 0 atom stereocenters. The predicted octanol–water partition coefficient (Wildman–Crippen LogP) is 3.19. The van der Waals surface area contributed by atoms with Gasteiger partial charge >= 0.3 is 0 Å². The van der Waals surface area contributed by atoms with E-state index in [-0.39, 0.29) is 24.0 Å². The standard InChI is InChI=1S/C15H24ClN3O2.HI/c1-3-20-9-5-8-18-15(17)19-11-12-6-7-13(16)10-14(12)21-4-2;/h6-7,10H,3-5,8-9,11H2,1-2H3,(H3,17,18,19);1H. The average Bonchev–Trinajstić information content (AvgIpc) is 2.46. The lowest BCUT2D eigenvalue weighted by Crippen LogP contribution is -2.32. The van der Waals surface area contributed by atoms with E-state index in [1.807, 2.05) is 26.0 Å². The van der Waals surface area contributed by atoms with Crippen molar-refractivity contribution in [2.24, 2.45) is 10.7 Å². The van der Waals surface area contributed by atoms with Crippen LogP contribution in [0.15, 0.2) is 23.2 Å². The predicted molar refractivity (Wildman–Crippen MR) is 102 cm³/mol. The molecule has 0 bridgehead atoms. The van der Waals surface area contributed by atoms with Crippen molar-refractivity contribution >= 4 is 41.5 Å². The molecule has 0 aliphatic carbocycles. The van der Waals surface area contributed by atoms with Crippen molar-refractivity contribution in [3.63, 3.8) is 0 Å². The van der Waals surface area contributed by atoms with Crippen LogP contribution in [0.25, 0.3) is 0 Å². The van der Waals surface area contributed by atoms with Crippen molar-refractivity contribution in [1.29, 1.82) is 0 Å². The van der Waals surface area contributed by atoms with Gasteiger partial charge in [-0.1, -0.05) is 17.7 Å². The summed E-state index contributed by atoms with van der Waals surface area (Å²) in [4.78, 5) is 4.30. The molecule has 0 aromatic heterocycles. The molecule has 0 aliphatic rings. The first-order chi connectivity index (χ1) is 10.2. The van der Waals surface area contributed by atoms with E-state index >= 15 is 0 Å². The van der Waals surface area contributed by atoms with Gasteiger partial charge in [0.2, 0.25) is 0 Å². The molecule has 7 heteroatoms. The topological polar surface area (TPSA) is 68.9 Å². The Kier molecular flexibility index (Phi) is 12.4. The monoisotopic (exact) mass is 441 g/mol. The fraction of sp³-hybridized carbons (Fsp3) is 0.533. The van der Waals surface area contributed by atoms with Crippen LogP contribution in [0.5, 0.6) is 5.75 Å². The number of benzene rings is 1. The van der Waals surface area contributed by atoms with Crippen LogP contribution in [-0.2, 0) is 11.3 Å². The molecule has 1 aromatic carbocycles. The van der Waals surface area contributed by atoms with E-state index < -0.39 is 0 Å². The van der Waals surface area contributed by atoms with Gasteiger partial charge in [-0.2, -0.15) is 0 Å². The summed E-state index contributed by atoms with van der Waals surface area (Å²) in [5.41, 5.74) is 6.78. The Morgan fingerprint density at radius 2 is 2.09 bits per heavy atom. The van der Waals surface area contributed by atoms with Crippen LogP contribution in [0.2, 0.25) is 5.02 Å². The van der Waals surface area contributed by atoms with Gasteiger partial charge < -0.3 is 20.5 Å². The summed E-state index contributed by atoms with van der Waals surface area (Å²) < 4.78 is 10.8. The quantitative estimate of drug-likeness (QED) is 0.267. The maximum atomic E-state index is 5.96. The van der Waals surface area contributed by atoms with E-state index in [0.29, 0.717) is 24.1 Å². The van der Waals surface area contributed by atoms with Gasteiger partial charge in [0.1, 0.15) is 5.75 Å². The average molecular weight is 442 g/mol. The molecule has 0 saturated carbocycles. The number of nitrogens with two attached hydrogens (primary N) is 1. The number of guanidine groups is 1. The number of hydrogen-bond acceptors (Lipinski definition) is 3. The highest BCUT2D eigenvalue weighted by Gasteiger charge is 2.04. The maximum Gasteiger partial charge on any atom is 0.188 e. The number of nitrogens with one attached hydrogen (secondary N) is 1. The Morgan fingerprint density at radius 3 is 2.77 bits per heavy atom. The van der Waals surface area contributed by atoms with Crippen molar-refractivity contribution in [3.8, 4) is 5.75 Å². The summed E-state index contributed by atoms with van der Waals surface area (Å²) >= 11 is 5.96. The van der Waals surface area contributed by atoms with Gasteiger partial charge in [0.15, 0.2) is 5.96 Å². The second kappa shape index (κ2) is 12.8. The zero-order valence-corrected chi connectivity index (χ0v) is 16.2. The van der Waals surface area contributed by atoms with Crippen LogP contribution in [0.1, 0.15) is 25.8 Å². The van der Waals surface area contributed by atoms with Crippen molar-refractivity contribution in [2.45, 2.75) is 26.8 Å². The summed E-state index contributed by atoms with van der Waals surface area (Å²) in [7, 11) is 0. The molecule has 0 radical (unpaired) electrons. The number of rotatable bonds is 9. The minimum atomic E-state index is 0. The van der Waals surface area contributed by atoms with E-state index in [2.05, 4.69) is 10.3 Å². The summed E-state index contributed by atoms with van der Waals surface area (Å²) in [6.45, 7) is 7.16. The molecule has 5 nitrogen and oxygen atoms in total. The van der Waals surface area contributed by atoms with Crippen LogP contribution < -0.4 is 15.8 Å². The molecule has 0 aliphatic heterocycles. The van der Waals surface area contributed by atoms with E-state index in [1.165, 1.54) is 0 Å². The van der Waals surface area contributed by atoms with Crippen LogP contribution in [0, 0.1) is 0 Å². The van der Waals surface area contributed by atoms with E-state index in [1.54, 1.807) is 6.07 Å². The molecule has 0 fully saturated rings. The Balaban J connectivity index is 0.00000441. The summed E-state index contributed by atoms with van der Waals surface area (Å²) in [6.07, 6.45) is 0.898. The molecule has 126 valence electrons. The summed E-state index contributed by atoms with van der Waals surface area (Å²) in [5, 5.41) is 3.70. The molecule has 22 heavy (non-hydrogen) atoms. The lowest BCUT2D eigenvalue weighted by molar-refractivity contribution is 0.145. The first-order valence-electron chi connectivity index (χ1n) is 7.20. The van der Waals surface area contributed by atoms with Gasteiger partial charge in [-0.15, -0.1) is 24.0 Å². The largest absolute Gasteiger partial charge is 0.493 e. The first kappa shape index (κ1) is 21.3. The Hall–Kier alpha value is -0.730. The van der Waals surface area contributed by atoms with Crippen molar-refractivity contribution < 1.29 is 9.47 Å². The number of hydrogen-bond donors (Lipinski definition) is 2. The molecule has 3 N–H and O–H groups in total. The number of halogens is 2. The third-order valence-corrected chi connectivity index (χ3v) is 2.96. The Labute approximate surface area is 154 Å². The molecule has 1 rings (SSSR count). The minimum absolute atomic E-state index is 0.